The molecule has 0 bridgehead atoms. The number of rotatable bonds is 6. The Labute approximate surface area is 143 Å². The first kappa shape index (κ1) is 18.4. The van der Waals surface area contributed by atoms with E-state index < -0.39 is 17.6 Å². The van der Waals surface area contributed by atoms with Crippen LogP contribution in [0, 0.1) is 11.6 Å². The van der Waals surface area contributed by atoms with E-state index in [4.69, 9.17) is 4.74 Å². The molecule has 0 heterocycles. The van der Waals surface area contributed by atoms with E-state index in [1.54, 1.807) is 6.07 Å². The molecule has 2 aromatic carbocycles. The summed E-state index contributed by atoms with van der Waals surface area (Å²) in [5, 5.41) is 2.61. The summed E-state index contributed by atoms with van der Waals surface area (Å²) in [4.78, 5) is 23.9. The lowest BCUT2D eigenvalue weighted by atomic mass is 10.1. The number of halogens is 2. The van der Waals surface area contributed by atoms with E-state index in [-0.39, 0.29) is 30.0 Å². The molecule has 0 fully saturated rings. The van der Waals surface area contributed by atoms with Crippen LogP contribution >= 0.6 is 0 Å². The van der Waals surface area contributed by atoms with Gasteiger partial charge in [-0.2, -0.15) is 0 Å². The Morgan fingerprint density at radius 3 is 2.44 bits per heavy atom. The lowest BCUT2D eigenvalue weighted by Gasteiger charge is -2.11. The molecule has 0 saturated heterocycles. The highest BCUT2D eigenvalue weighted by Gasteiger charge is 2.15. The van der Waals surface area contributed by atoms with Crippen LogP contribution in [0.3, 0.4) is 0 Å². The monoisotopic (exact) mass is 349 g/mol. The third-order valence-corrected chi connectivity index (χ3v) is 3.53. The second kappa shape index (κ2) is 8.23. The number of esters is 1. The van der Waals surface area contributed by atoms with E-state index in [0.29, 0.717) is 11.3 Å². The van der Waals surface area contributed by atoms with E-state index in [2.05, 4.69) is 10.1 Å². The number of nitrogens with one attached hydrogen (secondary N) is 1. The Kier molecular flexibility index (Phi) is 6.05. The molecule has 5 nitrogen and oxygen atoms in total. The molecule has 2 aromatic rings. The van der Waals surface area contributed by atoms with Crippen molar-refractivity contribution in [2.45, 2.75) is 12.8 Å². The van der Waals surface area contributed by atoms with Gasteiger partial charge >= 0.3 is 5.97 Å². The molecule has 1 amide bonds. The summed E-state index contributed by atoms with van der Waals surface area (Å²) in [7, 11) is 2.69. The Morgan fingerprint density at radius 1 is 1.04 bits per heavy atom. The van der Waals surface area contributed by atoms with Gasteiger partial charge in [0.1, 0.15) is 5.75 Å². The highest BCUT2D eigenvalue weighted by Crippen LogP contribution is 2.23. The smallest absolute Gasteiger partial charge is 0.340 e. The number of carbonyl (C=O) groups is 2. The molecule has 0 radical (unpaired) electrons. The fraction of sp³-hybridized carbons (Fsp3) is 0.222. The van der Waals surface area contributed by atoms with Crippen LogP contribution in [-0.4, -0.2) is 26.1 Å². The van der Waals surface area contributed by atoms with Gasteiger partial charge in [-0.1, -0.05) is 6.07 Å². The molecule has 7 heteroatoms. The first-order valence-corrected chi connectivity index (χ1v) is 7.44. The van der Waals surface area contributed by atoms with E-state index >= 15 is 0 Å². The first-order valence-electron chi connectivity index (χ1n) is 7.44. The highest BCUT2D eigenvalue weighted by molar-refractivity contribution is 6.01. The van der Waals surface area contributed by atoms with Crippen molar-refractivity contribution < 1.29 is 27.8 Å². The minimum Gasteiger partial charge on any atom is -0.497 e. The third-order valence-electron chi connectivity index (χ3n) is 3.53. The van der Waals surface area contributed by atoms with Gasteiger partial charge in [-0.25, -0.2) is 13.6 Å². The topological polar surface area (TPSA) is 64.6 Å². The lowest BCUT2D eigenvalue weighted by Crippen LogP contribution is -2.16. The van der Waals surface area contributed by atoms with Crippen molar-refractivity contribution in [1.82, 2.24) is 0 Å². The second-order valence-corrected chi connectivity index (χ2v) is 5.20. The Hall–Kier alpha value is -2.96. The molecule has 0 saturated carbocycles. The maximum atomic E-state index is 13.2. The molecule has 0 aliphatic carbocycles. The van der Waals surface area contributed by atoms with Crippen LogP contribution < -0.4 is 10.1 Å². The summed E-state index contributed by atoms with van der Waals surface area (Å²) < 4.78 is 35.8. The second-order valence-electron chi connectivity index (χ2n) is 5.20. The van der Waals surface area contributed by atoms with Crippen molar-refractivity contribution in [3.8, 4) is 5.75 Å². The standard InChI is InChI=1S/C18H17F2NO4/c1-24-12-5-7-16(13(10-12)18(23)25-2)21-17(22)8-4-11-3-6-14(19)15(20)9-11/h3,5-7,9-10H,4,8H2,1-2H3,(H,21,22). The van der Waals surface area contributed by atoms with Crippen LogP contribution in [0.2, 0.25) is 0 Å². The van der Waals surface area contributed by atoms with Crippen molar-refractivity contribution in [3.63, 3.8) is 0 Å². The molecule has 2 rings (SSSR count). The third kappa shape index (κ3) is 4.76. The zero-order valence-corrected chi connectivity index (χ0v) is 13.8. The zero-order valence-electron chi connectivity index (χ0n) is 13.8. The first-order chi connectivity index (χ1) is 11.9. The Morgan fingerprint density at radius 2 is 1.80 bits per heavy atom. The quantitative estimate of drug-likeness (QED) is 0.813. The largest absolute Gasteiger partial charge is 0.497 e. The zero-order chi connectivity index (χ0) is 18.4. The van der Waals surface area contributed by atoms with Gasteiger partial charge < -0.3 is 14.8 Å². The summed E-state index contributed by atoms with van der Waals surface area (Å²) in [6.45, 7) is 0. The highest BCUT2D eigenvalue weighted by atomic mass is 19.2. The van der Waals surface area contributed by atoms with Crippen LogP contribution in [0.5, 0.6) is 5.75 Å². The average Bonchev–Trinajstić information content (AvgIpc) is 2.62. The van der Waals surface area contributed by atoms with E-state index in [9.17, 15) is 18.4 Å². The summed E-state index contributed by atoms with van der Waals surface area (Å²) in [6.07, 6.45) is 0.268. The minimum atomic E-state index is -0.957. The number of ether oxygens (including phenoxy) is 2. The Bertz CT molecular complexity index is 793. The molecule has 132 valence electrons. The van der Waals surface area contributed by atoms with Crippen LogP contribution in [0.1, 0.15) is 22.3 Å². The van der Waals surface area contributed by atoms with Gasteiger partial charge in [0.05, 0.1) is 25.5 Å². The number of methoxy groups -OCH3 is 2. The van der Waals surface area contributed by atoms with E-state index in [0.717, 1.165) is 12.1 Å². The van der Waals surface area contributed by atoms with Crippen molar-refractivity contribution in [2.24, 2.45) is 0 Å². The van der Waals surface area contributed by atoms with Gasteiger partial charge in [-0.15, -0.1) is 0 Å². The van der Waals surface area contributed by atoms with Gasteiger partial charge in [0.15, 0.2) is 11.6 Å². The molecule has 0 unspecified atom stereocenters. The van der Waals surface area contributed by atoms with Crippen LogP contribution in [0.15, 0.2) is 36.4 Å². The van der Waals surface area contributed by atoms with Gasteiger partial charge in [0.2, 0.25) is 5.91 Å². The lowest BCUT2D eigenvalue weighted by molar-refractivity contribution is -0.116. The molecular weight excluding hydrogens is 332 g/mol. The molecular formula is C18H17F2NO4. The molecule has 0 spiro atoms. The van der Waals surface area contributed by atoms with Gasteiger partial charge in [0, 0.05) is 6.42 Å². The summed E-state index contributed by atoms with van der Waals surface area (Å²) >= 11 is 0. The maximum absolute atomic E-state index is 13.2. The van der Waals surface area contributed by atoms with Crippen LogP contribution in [-0.2, 0) is 16.0 Å². The predicted octanol–water partition coefficient (Wildman–Crippen LogP) is 3.33. The fourth-order valence-electron chi connectivity index (χ4n) is 2.20. The summed E-state index contributed by atoms with van der Waals surface area (Å²) in [6, 6.07) is 8.06. The van der Waals surface area contributed by atoms with E-state index in [1.165, 1.54) is 32.4 Å². The minimum absolute atomic E-state index is 0.0394. The van der Waals surface area contributed by atoms with Crippen LogP contribution in [0.25, 0.3) is 0 Å². The number of amides is 1. The number of aryl methyl sites for hydroxylation is 1. The molecule has 25 heavy (non-hydrogen) atoms. The fourth-order valence-corrected chi connectivity index (χ4v) is 2.20. The number of benzene rings is 2. The summed E-state index contributed by atoms with van der Waals surface area (Å²) in [5.41, 5.74) is 0.933. The maximum Gasteiger partial charge on any atom is 0.340 e. The van der Waals surface area contributed by atoms with Crippen molar-refractivity contribution in [3.05, 3.63) is 59.2 Å². The number of hydrogen-bond acceptors (Lipinski definition) is 4. The molecule has 0 atom stereocenters. The SMILES string of the molecule is COC(=O)c1cc(OC)ccc1NC(=O)CCc1ccc(F)c(F)c1. The number of carbonyl (C=O) groups excluding carboxylic acids is 2. The molecule has 0 aliphatic rings. The average molecular weight is 349 g/mol. The molecule has 0 aliphatic heterocycles. The van der Waals surface area contributed by atoms with Gasteiger partial charge in [-0.05, 0) is 42.3 Å². The summed E-state index contributed by atoms with van der Waals surface area (Å²) in [5.74, 6) is -2.44. The van der Waals surface area contributed by atoms with Gasteiger partial charge in [-0.3, -0.25) is 4.79 Å². The molecule has 1 N–H and O–H groups in total. The number of hydrogen-bond donors (Lipinski definition) is 1. The van der Waals surface area contributed by atoms with Crippen molar-refractivity contribution in [2.75, 3.05) is 19.5 Å². The Balaban J connectivity index is 2.06. The molecule has 0 aromatic heterocycles. The van der Waals surface area contributed by atoms with Gasteiger partial charge in [0.25, 0.3) is 0 Å². The van der Waals surface area contributed by atoms with Crippen LogP contribution in [0.4, 0.5) is 14.5 Å². The predicted molar refractivity (Wildman–Crippen MR) is 87.6 cm³/mol. The van der Waals surface area contributed by atoms with Crippen molar-refractivity contribution in [1.29, 1.82) is 0 Å². The van der Waals surface area contributed by atoms with Crippen molar-refractivity contribution >= 4 is 17.6 Å². The van der Waals surface area contributed by atoms with E-state index in [1.807, 2.05) is 0 Å². The number of anilines is 1. The normalized spacial score (nSPS) is 10.2.